The largest absolute Gasteiger partial charge is 0.361 e. The molecule has 5 aromatic rings. The van der Waals surface area contributed by atoms with Crippen molar-refractivity contribution in [1.29, 1.82) is 0 Å². The molecule has 0 aliphatic carbocycles. The van der Waals surface area contributed by atoms with Crippen LogP contribution in [0.2, 0.25) is 0 Å². The summed E-state index contributed by atoms with van der Waals surface area (Å²) in [6.07, 6.45) is 6.13. The maximum Gasteiger partial charge on any atom is 0.333 e. The number of hydrogen-bond acceptors (Lipinski definition) is 4. The predicted molar refractivity (Wildman–Crippen MR) is 113 cm³/mol. The van der Waals surface area contributed by atoms with Crippen LogP contribution in [0.1, 0.15) is 23.6 Å². The van der Waals surface area contributed by atoms with Crippen LogP contribution < -0.4 is 0 Å². The highest BCUT2D eigenvalue weighted by molar-refractivity contribution is 5.94. The minimum atomic E-state index is -2.74. The molecule has 0 aliphatic heterocycles. The van der Waals surface area contributed by atoms with E-state index in [0.29, 0.717) is 32.6 Å². The molecule has 0 spiro atoms. The lowest BCUT2D eigenvalue weighted by atomic mass is 10.1. The number of benzene rings is 1. The molecule has 5 rings (SSSR count). The molecule has 0 radical (unpaired) electrons. The Labute approximate surface area is 180 Å². The predicted octanol–water partition coefficient (Wildman–Crippen LogP) is 5.75. The van der Waals surface area contributed by atoms with Gasteiger partial charge in [0.1, 0.15) is 11.6 Å². The van der Waals surface area contributed by atoms with Crippen LogP contribution in [0, 0.1) is 19.7 Å². The fourth-order valence-electron chi connectivity index (χ4n) is 3.93. The summed E-state index contributed by atoms with van der Waals surface area (Å²) in [7, 11) is 0. The monoisotopic (exact) mass is 437 g/mol. The van der Waals surface area contributed by atoms with E-state index >= 15 is 0 Å². The minimum absolute atomic E-state index is 0.249. The van der Waals surface area contributed by atoms with E-state index in [4.69, 9.17) is 4.52 Å². The molecule has 0 saturated carbocycles. The van der Waals surface area contributed by atoms with Gasteiger partial charge in [0.05, 0.1) is 29.5 Å². The van der Waals surface area contributed by atoms with Crippen LogP contribution in [0.25, 0.3) is 33.3 Å². The van der Waals surface area contributed by atoms with Crippen molar-refractivity contribution in [1.82, 2.24) is 24.5 Å². The normalized spacial score (nSPS) is 11.7. The van der Waals surface area contributed by atoms with Gasteiger partial charge in [0.2, 0.25) is 0 Å². The van der Waals surface area contributed by atoms with Gasteiger partial charge in [0.25, 0.3) is 0 Å². The number of alkyl halides is 2. The van der Waals surface area contributed by atoms with Crippen LogP contribution in [0.3, 0.4) is 0 Å². The third-order valence-electron chi connectivity index (χ3n) is 5.45. The molecular formula is C23H18F3N5O. The highest BCUT2D eigenvalue weighted by Crippen LogP contribution is 2.34. The first-order valence-corrected chi connectivity index (χ1v) is 9.90. The van der Waals surface area contributed by atoms with Crippen molar-refractivity contribution in [3.8, 4) is 22.3 Å². The second-order valence-corrected chi connectivity index (χ2v) is 7.54. The lowest BCUT2D eigenvalue weighted by Crippen LogP contribution is -2.00. The van der Waals surface area contributed by atoms with Gasteiger partial charge in [-0.2, -0.15) is 13.9 Å². The van der Waals surface area contributed by atoms with Crippen molar-refractivity contribution in [2.24, 2.45) is 0 Å². The molecule has 4 heterocycles. The van der Waals surface area contributed by atoms with Gasteiger partial charge in [-0.15, -0.1) is 0 Å². The van der Waals surface area contributed by atoms with Crippen LogP contribution >= 0.6 is 0 Å². The molecule has 0 saturated heterocycles. The van der Waals surface area contributed by atoms with Gasteiger partial charge in [0, 0.05) is 46.4 Å². The maximum atomic E-state index is 14.4. The summed E-state index contributed by atoms with van der Waals surface area (Å²) in [5.41, 5.74) is 5.34. The van der Waals surface area contributed by atoms with Gasteiger partial charge in [0.15, 0.2) is 0 Å². The van der Waals surface area contributed by atoms with E-state index in [1.165, 1.54) is 18.5 Å². The van der Waals surface area contributed by atoms with Crippen molar-refractivity contribution in [3.63, 3.8) is 0 Å². The molecule has 0 bridgehead atoms. The summed E-state index contributed by atoms with van der Waals surface area (Å²) in [6.45, 7) is 1.18. The van der Waals surface area contributed by atoms with Crippen molar-refractivity contribution in [2.45, 2.75) is 26.9 Å². The molecule has 4 aromatic heterocycles. The molecule has 1 aromatic carbocycles. The standard InChI is InChI=1S/C23H18F3N5O/c1-13-21(14(2)32-29-13)16-7-20-22(27-8-16)18(17-9-28-31(11-17)23(25)26)12-30(20)10-15-5-3-4-6-19(15)24/h3-9,11-12,23H,10H2,1-2H3. The number of hydrogen-bond donors (Lipinski definition) is 0. The number of rotatable bonds is 5. The Morgan fingerprint density at radius 2 is 1.88 bits per heavy atom. The highest BCUT2D eigenvalue weighted by Gasteiger charge is 2.19. The van der Waals surface area contributed by atoms with E-state index < -0.39 is 6.55 Å². The molecule has 162 valence electrons. The summed E-state index contributed by atoms with van der Waals surface area (Å²) in [4.78, 5) is 4.63. The Kier molecular flexibility index (Phi) is 4.80. The van der Waals surface area contributed by atoms with E-state index in [1.54, 1.807) is 30.6 Å². The molecule has 9 heteroatoms. The first-order chi connectivity index (χ1) is 15.4. The number of aromatic nitrogens is 5. The third-order valence-corrected chi connectivity index (χ3v) is 5.45. The maximum absolute atomic E-state index is 14.4. The lowest BCUT2D eigenvalue weighted by molar-refractivity contribution is 0.0566. The van der Waals surface area contributed by atoms with Crippen molar-refractivity contribution < 1.29 is 17.7 Å². The first-order valence-electron chi connectivity index (χ1n) is 9.90. The Morgan fingerprint density at radius 1 is 1.06 bits per heavy atom. The van der Waals surface area contributed by atoms with E-state index in [9.17, 15) is 13.2 Å². The van der Waals surface area contributed by atoms with Gasteiger partial charge in [-0.25, -0.2) is 9.07 Å². The Hall–Kier alpha value is -3.88. The molecule has 0 atom stereocenters. The SMILES string of the molecule is Cc1noc(C)c1-c1cnc2c(-c3cnn(C(F)F)c3)cn(Cc3ccccc3F)c2c1. The number of fused-ring (bicyclic) bond motifs is 1. The van der Waals surface area contributed by atoms with Gasteiger partial charge >= 0.3 is 6.55 Å². The zero-order valence-corrected chi connectivity index (χ0v) is 17.3. The van der Waals surface area contributed by atoms with Gasteiger partial charge in [-0.05, 0) is 26.0 Å². The molecule has 0 aliphatic rings. The fourth-order valence-corrected chi connectivity index (χ4v) is 3.93. The van der Waals surface area contributed by atoms with Crippen LogP contribution in [0.4, 0.5) is 13.2 Å². The van der Waals surface area contributed by atoms with Crippen LogP contribution in [0.15, 0.2) is 59.6 Å². The number of halogens is 3. The summed E-state index contributed by atoms with van der Waals surface area (Å²) < 4.78 is 48.2. The number of aryl methyl sites for hydroxylation is 2. The van der Waals surface area contributed by atoms with E-state index in [2.05, 4.69) is 15.2 Å². The summed E-state index contributed by atoms with van der Waals surface area (Å²) in [5, 5.41) is 7.74. The highest BCUT2D eigenvalue weighted by atomic mass is 19.3. The molecule has 0 unspecified atom stereocenters. The molecule has 0 N–H and O–H groups in total. The first kappa shape index (κ1) is 20.0. The summed E-state index contributed by atoms with van der Waals surface area (Å²) in [6, 6.07) is 8.44. The third kappa shape index (κ3) is 3.35. The van der Waals surface area contributed by atoms with Crippen molar-refractivity contribution in [2.75, 3.05) is 0 Å². The average Bonchev–Trinajstić information content (AvgIpc) is 3.47. The zero-order chi connectivity index (χ0) is 22.4. The topological polar surface area (TPSA) is 61.7 Å². The Balaban J connectivity index is 1.70. The minimum Gasteiger partial charge on any atom is -0.361 e. The average molecular weight is 437 g/mol. The number of pyridine rings is 1. The summed E-state index contributed by atoms with van der Waals surface area (Å²) >= 11 is 0. The summed E-state index contributed by atoms with van der Waals surface area (Å²) in [5.74, 6) is 0.338. The molecule has 0 amide bonds. The van der Waals surface area contributed by atoms with E-state index in [0.717, 1.165) is 22.3 Å². The van der Waals surface area contributed by atoms with Crippen LogP contribution in [-0.4, -0.2) is 24.5 Å². The van der Waals surface area contributed by atoms with Crippen LogP contribution in [0.5, 0.6) is 0 Å². The quantitative estimate of drug-likeness (QED) is 0.351. The zero-order valence-electron chi connectivity index (χ0n) is 17.3. The fraction of sp³-hybridized carbons (Fsp3) is 0.174. The molecule has 32 heavy (non-hydrogen) atoms. The second-order valence-electron chi connectivity index (χ2n) is 7.54. The Bertz CT molecular complexity index is 1410. The lowest BCUT2D eigenvalue weighted by Gasteiger charge is -2.08. The van der Waals surface area contributed by atoms with E-state index in [1.807, 2.05) is 24.5 Å². The van der Waals surface area contributed by atoms with Crippen LogP contribution in [-0.2, 0) is 6.54 Å². The smallest absolute Gasteiger partial charge is 0.333 e. The Morgan fingerprint density at radius 3 is 2.56 bits per heavy atom. The molecule has 0 fully saturated rings. The van der Waals surface area contributed by atoms with Gasteiger partial charge in [-0.3, -0.25) is 4.98 Å². The van der Waals surface area contributed by atoms with Crippen molar-refractivity contribution in [3.05, 3.63) is 78.0 Å². The van der Waals surface area contributed by atoms with Gasteiger partial charge < -0.3 is 9.09 Å². The van der Waals surface area contributed by atoms with E-state index in [-0.39, 0.29) is 12.4 Å². The second kappa shape index (κ2) is 7.67. The molecule has 6 nitrogen and oxygen atoms in total. The van der Waals surface area contributed by atoms with Gasteiger partial charge in [-0.1, -0.05) is 23.4 Å². The molecular weight excluding hydrogens is 419 g/mol. The van der Waals surface area contributed by atoms with Crippen molar-refractivity contribution >= 4 is 11.0 Å². The number of nitrogens with zero attached hydrogens (tertiary/aromatic N) is 5.